The highest BCUT2D eigenvalue weighted by molar-refractivity contribution is 7.92. The van der Waals surface area contributed by atoms with Crippen LogP contribution >= 0.6 is 23.2 Å². The average Bonchev–Trinajstić information content (AvgIpc) is 2.65. The largest absolute Gasteiger partial charge is 0.368 e. The molecule has 0 unspecified atom stereocenters. The molecule has 0 amide bonds. The van der Waals surface area contributed by atoms with Crippen molar-refractivity contribution < 1.29 is 8.42 Å². The Morgan fingerprint density at radius 3 is 2.50 bits per heavy atom. The Bertz CT molecular complexity index is 1200. The first kappa shape index (κ1) is 19.8. The van der Waals surface area contributed by atoms with E-state index in [2.05, 4.69) is 36.5 Å². The first-order valence-electron chi connectivity index (χ1n) is 7.65. The Labute approximate surface area is 171 Å². The van der Waals surface area contributed by atoms with E-state index in [9.17, 15) is 8.42 Å². The minimum atomic E-state index is -4.00. The fourth-order valence-corrected chi connectivity index (χ4v) is 3.82. The third kappa shape index (κ3) is 4.48. The lowest BCUT2D eigenvalue weighted by Gasteiger charge is -2.11. The van der Waals surface area contributed by atoms with Crippen molar-refractivity contribution in [1.29, 1.82) is 0 Å². The van der Waals surface area contributed by atoms with E-state index in [4.69, 9.17) is 28.9 Å². The number of nitrogen functional groups attached to an aromatic ring is 1. The monoisotopic (exact) mass is 434 g/mol. The minimum absolute atomic E-state index is 0.0441. The number of rotatable bonds is 3. The molecule has 0 aliphatic rings. The van der Waals surface area contributed by atoms with Gasteiger partial charge in [0.15, 0.2) is 5.82 Å². The lowest BCUT2D eigenvalue weighted by atomic mass is 10.2. The maximum atomic E-state index is 12.7. The molecule has 3 rings (SSSR count). The maximum Gasteiger partial charge on any atom is 0.264 e. The number of nitrogens with one attached hydrogen (secondary N) is 1. The first-order valence-corrected chi connectivity index (χ1v) is 9.89. The van der Waals surface area contributed by atoms with Crippen LogP contribution in [-0.2, 0) is 10.0 Å². The van der Waals surface area contributed by atoms with E-state index in [1.54, 1.807) is 13.0 Å². The molecule has 0 radical (unpaired) electrons. The Morgan fingerprint density at radius 1 is 1.07 bits per heavy atom. The Morgan fingerprint density at radius 2 is 1.79 bits per heavy atom. The highest BCUT2D eigenvalue weighted by Gasteiger charge is 2.21. The van der Waals surface area contributed by atoms with Crippen molar-refractivity contribution in [3.05, 3.63) is 63.8 Å². The molecule has 0 aliphatic carbocycles. The van der Waals surface area contributed by atoms with Gasteiger partial charge in [-0.2, -0.15) is 0 Å². The number of hydrogen-bond acceptors (Lipinski definition) is 7. The van der Waals surface area contributed by atoms with Gasteiger partial charge >= 0.3 is 0 Å². The molecular weight excluding hydrogens is 423 g/mol. The van der Waals surface area contributed by atoms with Crippen molar-refractivity contribution in [1.82, 2.24) is 19.9 Å². The lowest BCUT2D eigenvalue weighted by Crippen LogP contribution is -2.16. The fraction of sp³-hybridized carbons (Fsp3) is 0.0588. The van der Waals surface area contributed by atoms with Gasteiger partial charge in [-0.05, 0) is 19.1 Å². The van der Waals surface area contributed by atoms with Crippen LogP contribution in [0.15, 0.2) is 41.8 Å². The first-order chi connectivity index (χ1) is 13.3. The Balaban J connectivity index is 1.93. The summed E-state index contributed by atoms with van der Waals surface area (Å²) in [7, 11) is -4.00. The van der Waals surface area contributed by atoms with Crippen molar-refractivity contribution in [3.63, 3.8) is 0 Å². The summed E-state index contributed by atoms with van der Waals surface area (Å²) < 4.78 is 27.7. The molecule has 3 aromatic heterocycles. The van der Waals surface area contributed by atoms with Gasteiger partial charge in [-0.1, -0.05) is 35.0 Å². The smallest absolute Gasteiger partial charge is 0.264 e. The number of nitrogens with zero attached hydrogens (tertiary/aromatic N) is 4. The lowest BCUT2D eigenvalue weighted by molar-refractivity contribution is 0.600. The number of sulfonamides is 1. The second kappa shape index (κ2) is 7.98. The van der Waals surface area contributed by atoms with Gasteiger partial charge in [0.25, 0.3) is 10.0 Å². The van der Waals surface area contributed by atoms with Crippen LogP contribution in [0.3, 0.4) is 0 Å². The molecule has 0 saturated carbocycles. The summed E-state index contributed by atoms with van der Waals surface area (Å²) in [4.78, 5) is 15.5. The van der Waals surface area contributed by atoms with Gasteiger partial charge in [0.1, 0.15) is 4.90 Å². The van der Waals surface area contributed by atoms with Crippen LogP contribution in [0.5, 0.6) is 0 Å². The van der Waals surface area contributed by atoms with E-state index >= 15 is 0 Å². The van der Waals surface area contributed by atoms with Gasteiger partial charge in [-0.15, -0.1) is 0 Å². The molecule has 8 nitrogen and oxygen atoms in total. The number of anilines is 2. The summed E-state index contributed by atoms with van der Waals surface area (Å²) in [6.07, 6.45) is 5.67. The topological polar surface area (TPSA) is 124 Å². The molecule has 0 aromatic carbocycles. The Kier molecular flexibility index (Phi) is 5.65. The van der Waals surface area contributed by atoms with E-state index in [1.807, 2.05) is 0 Å². The molecule has 11 heteroatoms. The SMILES string of the molecule is Cc1ncc(Cl)cc1S(=O)(=O)Nc1nccc(C#Cc2cnc(N)nc2)c1Cl. The summed E-state index contributed by atoms with van der Waals surface area (Å²) in [5, 5.41) is 0.234. The highest BCUT2D eigenvalue weighted by Crippen LogP contribution is 2.27. The highest BCUT2D eigenvalue weighted by atomic mass is 35.5. The molecule has 0 atom stereocenters. The predicted molar refractivity (Wildman–Crippen MR) is 106 cm³/mol. The van der Waals surface area contributed by atoms with Crippen LogP contribution in [0, 0.1) is 18.8 Å². The Hall–Kier alpha value is -2.93. The minimum Gasteiger partial charge on any atom is -0.368 e. The molecule has 0 fully saturated rings. The summed E-state index contributed by atoms with van der Waals surface area (Å²) in [5.74, 6) is 5.71. The number of pyridine rings is 2. The third-order valence-corrected chi connectivity index (χ3v) is 5.47. The van der Waals surface area contributed by atoms with Crippen LogP contribution in [-0.4, -0.2) is 28.4 Å². The normalized spacial score (nSPS) is 10.8. The molecule has 0 saturated heterocycles. The van der Waals surface area contributed by atoms with Gasteiger partial charge in [-0.25, -0.2) is 23.4 Å². The summed E-state index contributed by atoms with van der Waals surface area (Å²) in [6, 6.07) is 2.85. The van der Waals surface area contributed by atoms with Crippen LogP contribution in [0.2, 0.25) is 10.0 Å². The molecular formula is C17H12Cl2N6O2S. The van der Waals surface area contributed by atoms with Crippen molar-refractivity contribution in [2.75, 3.05) is 10.5 Å². The molecule has 28 heavy (non-hydrogen) atoms. The van der Waals surface area contributed by atoms with Crippen molar-refractivity contribution in [2.24, 2.45) is 0 Å². The number of halogens is 2. The number of nitrogens with two attached hydrogens (primary N) is 1. The number of aryl methyl sites for hydroxylation is 1. The van der Waals surface area contributed by atoms with Gasteiger partial charge in [0, 0.05) is 30.4 Å². The summed E-state index contributed by atoms with van der Waals surface area (Å²) in [6.45, 7) is 1.55. The summed E-state index contributed by atoms with van der Waals surface area (Å²) >= 11 is 12.1. The van der Waals surface area contributed by atoms with Crippen LogP contribution in [0.25, 0.3) is 0 Å². The van der Waals surface area contributed by atoms with Gasteiger partial charge in [0.05, 0.1) is 21.3 Å². The zero-order valence-electron chi connectivity index (χ0n) is 14.3. The van der Waals surface area contributed by atoms with Gasteiger partial charge in [-0.3, -0.25) is 9.71 Å². The van der Waals surface area contributed by atoms with E-state index < -0.39 is 10.0 Å². The van der Waals surface area contributed by atoms with E-state index in [-0.39, 0.29) is 32.4 Å². The summed E-state index contributed by atoms with van der Waals surface area (Å²) in [5.41, 5.74) is 6.60. The van der Waals surface area contributed by atoms with Crippen molar-refractivity contribution >= 4 is 45.0 Å². The zero-order valence-corrected chi connectivity index (χ0v) is 16.6. The molecule has 0 aliphatic heterocycles. The molecule has 0 bridgehead atoms. The number of aromatic nitrogens is 4. The van der Waals surface area contributed by atoms with Crippen LogP contribution in [0.4, 0.5) is 11.8 Å². The number of hydrogen-bond donors (Lipinski definition) is 2. The molecule has 142 valence electrons. The molecule has 3 heterocycles. The molecule has 0 spiro atoms. The van der Waals surface area contributed by atoms with Crippen LogP contribution < -0.4 is 10.5 Å². The van der Waals surface area contributed by atoms with E-state index in [0.717, 1.165) is 0 Å². The average molecular weight is 435 g/mol. The van der Waals surface area contributed by atoms with Crippen molar-refractivity contribution in [2.45, 2.75) is 11.8 Å². The van der Waals surface area contributed by atoms with E-state index in [1.165, 1.54) is 30.9 Å². The quantitative estimate of drug-likeness (QED) is 0.606. The second-order valence-corrected chi connectivity index (χ2v) is 7.91. The van der Waals surface area contributed by atoms with Crippen LogP contribution in [0.1, 0.15) is 16.8 Å². The van der Waals surface area contributed by atoms with Gasteiger partial charge in [0.2, 0.25) is 5.95 Å². The molecule has 3 aromatic rings. The fourth-order valence-electron chi connectivity index (χ4n) is 2.10. The zero-order chi connectivity index (χ0) is 20.3. The maximum absolute atomic E-state index is 12.7. The standard InChI is InChI=1S/C17H12Cl2N6O2S/c1-10-14(6-13(18)9-22-10)28(26,27)25-16-15(19)12(4-5-21-16)3-2-11-7-23-17(20)24-8-11/h4-9H,1H3,(H,21,25)(H2,20,23,24). The third-order valence-electron chi connectivity index (χ3n) is 3.43. The second-order valence-electron chi connectivity index (χ2n) is 5.44. The predicted octanol–water partition coefficient (Wildman–Crippen LogP) is 2.66. The van der Waals surface area contributed by atoms with E-state index in [0.29, 0.717) is 11.1 Å². The van der Waals surface area contributed by atoms with Gasteiger partial charge < -0.3 is 5.73 Å². The molecule has 3 N–H and O–H groups in total. The van der Waals surface area contributed by atoms with Crippen molar-refractivity contribution in [3.8, 4) is 11.8 Å².